The molecular formula is C7H12N4O. The van der Waals surface area contributed by atoms with Crippen molar-refractivity contribution in [3.8, 4) is 0 Å². The minimum Gasteiger partial charge on any atom is -0.349 e. The summed E-state index contributed by atoms with van der Waals surface area (Å²) in [5, 5.41) is 2.67. The second-order valence-corrected chi connectivity index (χ2v) is 2.34. The van der Waals surface area contributed by atoms with Crippen LogP contribution in [0.4, 0.5) is 0 Å². The number of aromatic amines is 1. The number of nitrogens with zero attached hydrogens (tertiary/aromatic N) is 1. The van der Waals surface area contributed by atoms with Gasteiger partial charge in [-0.3, -0.25) is 4.79 Å². The standard InChI is InChI=1S/C7H12N4O/c8-2-1-3-11-7(12)6-9-4-5-10-6/h4-5H,1-3,8H2,(H,9,10)(H,11,12). The van der Waals surface area contributed by atoms with Crippen LogP contribution in [0.3, 0.4) is 0 Å². The molecule has 0 radical (unpaired) electrons. The predicted molar refractivity (Wildman–Crippen MR) is 44.6 cm³/mol. The van der Waals surface area contributed by atoms with Gasteiger partial charge < -0.3 is 16.0 Å². The lowest BCUT2D eigenvalue weighted by atomic mass is 10.4. The van der Waals surface area contributed by atoms with Crippen molar-refractivity contribution in [2.75, 3.05) is 13.1 Å². The lowest BCUT2D eigenvalue weighted by molar-refractivity contribution is 0.0944. The summed E-state index contributed by atoms with van der Waals surface area (Å²) < 4.78 is 0. The van der Waals surface area contributed by atoms with Crippen molar-refractivity contribution < 1.29 is 4.79 Å². The maximum atomic E-state index is 11.1. The van der Waals surface area contributed by atoms with E-state index >= 15 is 0 Å². The quantitative estimate of drug-likeness (QED) is 0.529. The summed E-state index contributed by atoms with van der Waals surface area (Å²) in [7, 11) is 0. The Balaban J connectivity index is 2.30. The monoisotopic (exact) mass is 168 g/mol. The largest absolute Gasteiger partial charge is 0.349 e. The molecule has 0 aromatic carbocycles. The fourth-order valence-corrected chi connectivity index (χ4v) is 0.777. The van der Waals surface area contributed by atoms with Crippen molar-refractivity contribution in [2.24, 2.45) is 5.73 Å². The molecule has 0 fully saturated rings. The first-order chi connectivity index (χ1) is 5.84. The fraction of sp³-hybridized carbons (Fsp3) is 0.429. The highest BCUT2D eigenvalue weighted by molar-refractivity contribution is 5.90. The van der Waals surface area contributed by atoms with Crippen LogP contribution in [0.2, 0.25) is 0 Å². The van der Waals surface area contributed by atoms with Crippen LogP contribution >= 0.6 is 0 Å². The molecule has 1 rings (SSSR count). The molecule has 0 bridgehead atoms. The molecule has 0 spiro atoms. The van der Waals surface area contributed by atoms with Crippen molar-refractivity contribution in [1.82, 2.24) is 15.3 Å². The van der Waals surface area contributed by atoms with E-state index in [0.717, 1.165) is 6.42 Å². The number of amides is 1. The van der Waals surface area contributed by atoms with Gasteiger partial charge >= 0.3 is 0 Å². The number of hydrogen-bond acceptors (Lipinski definition) is 3. The van der Waals surface area contributed by atoms with Crippen LogP contribution in [0.15, 0.2) is 12.4 Å². The Labute approximate surface area is 70.4 Å². The van der Waals surface area contributed by atoms with Crippen molar-refractivity contribution >= 4 is 5.91 Å². The lowest BCUT2D eigenvalue weighted by Crippen LogP contribution is -2.26. The molecule has 0 unspecified atom stereocenters. The molecule has 0 aliphatic carbocycles. The molecule has 0 atom stereocenters. The summed E-state index contributed by atoms with van der Waals surface area (Å²) in [4.78, 5) is 17.6. The zero-order valence-corrected chi connectivity index (χ0v) is 6.71. The van der Waals surface area contributed by atoms with Gasteiger partial charge in [0.25, 0.3) is 5.91 Å². The van der Waals surface area contributed by atoms with E-state index in [2.05, 4.69) is 15.3 Å². The summed E-state index contributed by atoms with van der Waals surface area (Å²) in [6.07, 6.45) is 3.93. The molecule has 5 heteroatoms. The van der Waals surface area contributed by atoms with E-state index in [0.29, 0.717) is 18.9 Å². The maximum Gasteiger partial charge on any atom is 0.287 e. The normalized spacial score (nSPS) is 9.75. The van der Waals surface area contributed by atoms with Crippen LogP contribution in [-0.2, 0) is 0 Å². The van der Waals surface area contributed by atoms with Crippen LogP contribution in [0.5, 0.6) is 0 Å². The summed E-state index contributed by atoms with van der Waals surface area (Å²) in [5.74, 6) is 0.153. The summed E-state index contributed by atoms with van der Waals surface area (Å²) >= 11 is 0. The van der Waals surface area contributed by atoms with Gasteiger partial charge in [0, 0.05) is 18.9 Å². The number of rotatable bonds is 4. The summed E-state index contributed by atoms with van der Waals surface area (Å²) in [5.41, 5.74) is 5.26. The number of nitrogens with one attached hydrogen (secondary N) is 2. The van der Waals surface area contributed by atoms with E-state index in [9.17, 15) is 4.79 Å². The average molecular weight is 168 g/mol. The molecule has 5 nitrogen and oxygen atoms in total. The van der Waals surface area contributed by atoms with Crippen molar-refractivity contribution in [3.05, 3.63) is 18.2 Å². The van der Waals surface area contributed by atoms with Gasteiger partial charge in [-0.2, -0.15) is 0 Å². The molecule has 0 saturated heterocycles. The molecule has 0 aliphatic rings. The van der Waals surface area contributed by atoms with Crippen molar-refractivity contribution in [1.29, 1.82) is 0 Å². The van der Waals surface area contributed by atoms with Crippen LogP contribution in [0, 0.1) is 0 Å². The first-order valence-corrected chi connectivity index (χ1v) is 3.82. The summed E-state index contributed by atoms with van der Waals surface area (Å²) in [6.45, 7) is 1.18. The van der Waals surface area contributed by atoms with Crippen LogP contribution in [-0.4, -0.2) is 29.0 Å². The SMILES string of the molecule is NCCCNC(=O)c1ncc[nH]1. The second-order valence-electron chi connectivity index (χ2n) is 2.34. The zero-order valence-electron chi connectivity index (χ0n) is 6.71. The smallest absolute Gasteiger partial charge is 0.287 e. The van der Waals surface area contributed by atoms with Gasteiger partial charge in [-0.05, 0) is 13.0 Å². The first-order valence-electron chi connectivity index (χ1n) is 3.82. The number of carbonyl (C=O) groups excluding carboxylic acids is 1. The predicted octanol–water partition coefficient (Wildman–Crippen LogP) is -0.512. The third-order valence-electron chi connectivity index (χ3n) is 1.38. The zero-order chi connectivity index (χ0) is 8.81. The summed E-state index contributed by atoms with van der Waals surface area (Å²) in [6, 6.07) is 0. The maximum absolute atomic E-state index is 11.1. The van der Waals surface area contributed by atoms with Gasteiger partial charge in [0.15, 0.2) is 5.82 Å². The number of aromatic nitrogens is 2. The minimum atomic E-state index is -0.187. The highest BCUT2D eigenvalue weighted by Gasteiger charge is 2.04. The third kappa shape index (κ3) is 2.35. The highest BCUT2D eigenvalue weighted by atomic mass is 16.2. The van der Waals surface area contributed by atoms with Crippen LogP contribution in [0.1, 0.15) is 17.0 Å². The Hall–Kier alpha value is -1.36. The van der Waals surface area contributed by atoms with E-state index < -0.39 is 0 Å². The van der Waals surface area contributed by atoms with E-state index in [4.69, 9.17) is 5.73 Å². The number of hydrogen-bond donors (Lipinski definition) is 3. The number of carbonyl (C=O) groups is 1. The Morgan fingerprint density at radius 2 is 2.58 bits per heavy atom. The molecule has 12 heavy (non-hydrogen) atoms. The van der Waals surface area contributed by atoms with Gasteiger partial charge in [0.1, 0.15) is 0 Å². The molecule has 1 amide bonds. The molecule has 66 valence electrons. The molecule has 0 aliphatic heterocycles. The molecule has 4 N–H and O–H groups in total. The number of nitrogens with two attached hydrogens (primary N) is 1. The number of imidazole rings is 1. The van der Waals surface area contributed by atoms with E-state index in [1.165, 1.54) is 6.20 Å². The Bertz CT molecular complexity index is 232. The third-order valence-corrected chi connectivity index (χ3v) is 1.38. The van der Waals surface area contributed by atoms with Gasteiger partial charge in [0.05, 0.1) is 0 Å². The fourth-order valence-electron chi connectivity index (χ4n) is 0.777. The topological polar surface area (TPSA) is 83.8 Å². The Morgan fingerprint density at radius 3 is 3.17 bits per heavy atom. The molecule has 1 heterocycles. The van der Waals surface area contributed by atoms with Crippen LogP contribution in [0.25, 0.3) is 0 Å². The van der Waals surface area contributed by atoms with Gasteiger partial charge in [-0.15, -0.1) is 0 Å². The first kappa shape index (κ1) is 8.73. The minimum absolute atomic E-state index is 0.187. The van der Waals surface area contributed by atoms with E-state index in [1.54, 1.807) is 6.20 Å². The Morgan fingerprint density at radius 1 is 1.75 bits per heavy atom. The number of H-pyrrole nitrogens is 1. The average Bonchev–Trinajstić information content (AvgIpc) is 2.56. The van der Waals surface area contributed by atoms with Gasteiger partial charge in [-0.25, -0.2) is 4.98 Å². The highest BCUT2D eigenvalue weighted by Crippen LogP contribution is 1.86. The second kappa shape index (κ2) is 4.50. The van der Waals surface area contributed by atoms with Crippen molar-refractivity contribution in [2.45, 2.75) is 6.42 Å². The molecule has 1 aromatic rings. The van der Waals surface area contributed by atoms with Gasteiger partial charge in [-0.1, -0.05) is 0 Å². The molecule has 0 saturated carbocycles. The van der Waals surface area contributed by atoms with E-state index in [-0.39, 0.29) is 5.91 Å². The molecular weight excluding hydrogens is 156 g/mol. The van der Waals surface area contributed by atoms with Crippen LogP contribution < -0.4 is 11.1 Å². The lowest BCUT2D eigenvalue weighted by Gasteiger charge is -1.99. The van der Waals surface area contributed by atoms with E-state index in [1.807, 2.05) is 0 Å². The Kier molecular flexibility index (Phi) is 3.28. The molecule has 1 aromatic heterocycles. The van der Waals surface area contributed by atoms with Crippen molar-refractivity contribution in [3.63, 3.8) is 0 Å². The van der Waals surface area contributed by atoms with Gasteiger partial charge in [0.2, 0.25) is 0 Å².